The van der Waals surface area contributed by atoms with Crippen LogP contribution in [0.2, 0.25) is 0 Å². The number of carbonyl (C=O) groups excluding carboxylic acids is 1. The van der Waals surface area contributed by atoms with E-state index < -0.39 is 17.9 Å². The molecule has 9 nitrogen and oxygen atoms in total. The average Bonchev–Trinajstić information content (AvgIpc) is 3.16. The first-order chi connectivity index (χ1) is 13.6. The summed E-state index contributed by atoms with van der Waals surface area (Å²) in [6.07, 6.45) is -2.04. The summed E-state index contributed by atoms with van der Waals surface area (Å²) in [4.78, 5) is 11.7. The number of nitrogens with two attached hydrogens (primary N) is 1. The highest BCUT2D eigenvalue weighted by molar-refractivity contribution is 5.98. The molecule has 2 rings (SSSR count). The van der Waals surface area contributed by atoms with E-state index in [0.29, 0.717) is 6.07 Å². The number of rotatable bonds is 7. The molecule has 3 N–H and O–H groups in total. The van der Waals surface area contributed by atoms with E-state index in [1.165, 1.54) is 12.3 Å². The number of hydrazone groups is 1. The SMILES string of the molecule is CC(C)COC(=O)Oc1cc(/C(N)=N/N/C=C\c2nnco2)cc(C(F)(F)F)c1. The van der Waals surface area contributed by atoms with Gasteiger partial charge in [-0.2, -0.15) is 18.3 Å². The van der Waals surface area contributed by atoms with Crippen LogP contribution in [0.4, 0.5) is 18.0 Å². The summed E-state index contributed by atoms with van der Waals surface area (Å²) < 4.78 is 54.0. The fourth-order valence-electron chi connectivity index (χ4n) is 1.86. The van der Waals surface area contributed by atoms with Crippen molar-refractivity contribution < 1.29 is 31.9 Å². The summed E-state index contributed by atoms with van der Waals surface area (Å²) in [5, 5.41) is 10.8. The summed E-state index contributed by atoms with van der Waals surface area (Å²) in [7, 11) is 0. The molecule has 0 spiro atoms. The summed E-state index contributed by atoms with van der Waals surface area (Å²) in [5.41, 5.74) is 6.95. The molecule has 1 aromatic carbocycles. The largest absolute Gasteiger partial charge is 0.513 e. The van der Waals surface area contributed by atoms with Gasteiger partial charge >= 0.3 is 12.3 Å². The molecule has 0 aliphatic heterocycles. The van der Waals surface area contributed by atoms with Crippen molar-refractivity contribution in [1.82, 2.24) is 15.6 Å². The molecule has 156 valence electrons. The van der Waals surface area contributed by atoms with Crippen molar-refractivity contribution >= 4 is 18.1 Å². The van der Waals surface area contributed by atoms with Crippen LogP contribution in [-0.4, -0.2) is 28.8 Å². The van der Waals surface area contributed by atoms with Crippen LogP contribution >= 0.6 is 0 Å². The number of hydrogen-bond donors (Lipinski definition) is 2. The van der Waals surface area contributed by atoms with Gasteiger partial charge in [-0.05, 0) is 24.1 Å². The van der Waals surface area contributed by atoms with E-state index in [0.717, 1.165) is 18.5 Å². The Morgan fingerprint density at radius 3 is 2.76 bits per heavy atom. The van der Waals surface area contributed by atoms with Crippen molar-refractivity contribution in [3.8, 4) is 5.75 Å². The van der Waals surface area contributed by atoms with Gasteiger partial charge in [0.2, 0.25) is 12.3 Å². The lowest BCUT2D eigenvalue weighted by molar-refractivity contribution is -0.137. The second kappa shape index (κ2) is 9.57. The van der Waals surface area contributed by atoms with Gasteiger partial charge in [-0.3, -0.25) is 5.43 Å². The monoisotopic (exact) mass is 413 g/mol. The van der Waals surface area contributed by atoms with Gasteiger partial charge in [0, 0.05) is 17.8 Å². The summed E-state index contributed by atoms with van der Waals surface area (Å²) in [6, 6.07) is 2.57. The molecule has 29 heavy (non-hydrogen) atoms. The van der Waals surface area contributed by atoms with Crippen molar-refractivity contribution in [1.29, 1.82) is 0 Å². The highest BCUT2D eigenvalue weighted by atomic mass is 19.4. The van der Waals surface area contributed by atoms with Gasteiger partial charge in [-0.1, -0.05) is 13.8 Å². The minimum atomic E-state index is -4.69. The molecule has 12 heteroatoms. The third-order valence-corrected chi connectivity index (χ3v) is 3.13. The number of nitrogens with one attached hydrogen (secondary N) is 1. The maximum absolute atomic E-state index is 13.2. The Hall–Kier alpha value is -3.57. The first-order valence-electron chi connectivity index (χ1n) is 8.24. The standard InChI is InChI=1S/C17H18F3N5O4/c1-10(2)8-27-16(26)29-13-6-11(5-12(7-13)17(18,19)20)15(21)25-22-4-3-14-24-23-9-28-14/h3-7,9-10,22H,8H2,1-2H3,(H2,21,25)/b4-3-. The van der Waals surface area contributed by atoms with E-state index in [-0.39, 0.29) is 35.6 Å². The van der Waals surface area contributed by atoms with Gasteiger partial charge in [0.15, 0.2) is 5.84 Å². The molecule has 0 atom stereocenters. The number of halogens is 3. The third kappa shape index (κ3) is 7.16. The predicted molar refractivity (Wildman–Crippen MR) is 95.5 cm³/mol. The molecule has 1 aromatic heterocycles. The van der Waals surface area contributed by atoms with Crippen LogP contribution in [0.25, 0.3) is 6.08 Å². The number of alkyl halides is 3. The van der Waals surface area contributed by atoms with Crippen molar-refractivity contribution in [3.63, 3.8) is 0 Å². The van der Waals surface area contributed by atoms with E-state index in [1.54, 1.807) is 13.8 Å². The number of hydrogen-bond acceptors (Lipinski definition) is 8. The zero-order chi connectivity index (χ0) is 21.4. The Balaban J connectivity index is 2.18. The molecule has 0 aliphatic carbocycles. The number of benzene rings is 1. The molecule has 0 saturated carbocycles. The third-order valence-electron chi connectivity index (χ3n) is 3.13. The van der Waals surface area contributed by atoms with E-state index in [1.807, 2.05) is 0 Å². The van der Waals surface area contributed by atoms with Crippen LogP contribution < -0.4 is 15.9 Å². The average molecular weight is 413 g/mol. The molecule has 0 saturated heterocycles. The van der Waals surface area contributed by atoms with E-state index in [4.69, 9.17) is 19.6 Å². The van der Waals surface area contributed by atoms with Gasteiger partial charge in [0.05, 0.1) is 12.2 Å². The second-order valence-electron chi connectivity index (χ2n) is 6.04. The van der Waals surface area contributed by atoms with Crippen molar-refractivity contribution in [2.24, 2.45) is 16.8 Å². The van der Waals surface area contributed by atoms with Crippen molar-refractivity contribution in [3.05, 3.63) is 47.8 Å². The highest BCUT2D eigenvalue weighted by Crippen LogP contribution is 2.32. The normalized spacial score (nSPS) is 12.4. The predicted octanol–water partition coefficient (Wildman–Crippen LogP) is 3.14. The Bertz CT molecular complexity index is 880. The number of amidine groups is 1. The van der Waals surface area contributed by atoms with Gasteiger partial charge < -0.3 is 19.6 Å². The van der Waals surface area contributed by atoms with E-state index in [2.05, 4.69) is 20.7 Å². The lowest BCUT2D eigenvalue weighted by Crippen LogP contribution is -2.19. The van der Waals surface area contributed by atoms with E-state index >= 15 is 0 Å². The van der Waals surface area contributed by atoms with Gasteiger partial charge in [0.1, 0.15) is 5.75 Å². The minimum absolute atomic E-state index is 0.0358. The molecule has 0 radical (unpaired) electrons. The zero-order valence-corrected chi connectivity index (χ0v) is 15.4. The Kier molecular flexibility index (Phi) is 7.17. The zero-order valence-electron chi connectivity index (χ0n) is 15.4. The second-order valence-corrected chi connectivity index (χ2v) is 6.04. The first-order valence-corrected chi connectivity index (χ1v) is 8.24. The lowest BCUT2D eigenvalue weighted by Gasteiger charge is -2.13. The molecule has 1 heterocycles. The Labute approximate surface area is 163 Å². The summed E-state index contributed by atoms with van der Waals surface area (Å²) in [6.45, 7) is 3.66. The molecular formula is C17H18F3N5O4. The minimum Gasteiger partial charge on any atom is -0.434 e. The summed E-state index contributed by atoms with van der Waals surface area (Å²) >= 11 is 0. The molecular weight excluding hydrogens is 395 g/mol. The van der Waals surface area contributed by atoms with Gasteiger partial charge in [-0.15, -0.1) is 10.2 Å². The Morgan fingerprint density at radius 1 is 1.38 bits per heavy atom. The first kappa shape index (κ1) is 21.7. The van der Waals surface area contributed by atoms with Gasteiger partial charge in [0.25, 0.3) is 0 Å². The van der Waals surface area contributed by atoms with Crippen molar-refractivity contribution in [2.45, 2.75) is 20.0 Å². The molecule has 2 aromatic rings. The van der Waals surface area contributed by atoms with Crippen LogP contribution in [0, 0.1) is 5.92 Å². The molecule has 0 unspecified atom stereocenters. The topological polar surface area (TPSA) is 125 Å². The van der Waals surface area contributed by atoms with Crippen LogP contribution in [0.1, 0.15) is 30.9 Å². The molecule has 0 aliphatic rings. The van der Waals surface area contributed by atoms with Crippen LogP contribution in [-0.2, 0) is 10.9 Å². The quantitative estimate of drug-likeness (QED) is 0.233. The van der Waals surface area contributed by atoms with Crippen LogP contribution in [0.3, 0.4) is 0 Å². The Morgan fingerprint density at radius 2 is 2.14 bits per heavy atom. The molecule has 0 amide bonds. The molecule has 0 bridgehead atoms. The molecule has 0 fully saturated rings. The number of aromatic nitrogens is 2. The lowest BCUT2D eigenvalue weighted by atomic mass is 10.1. The maximum atomic E-state index is 13.2. The fourth-order valence-corrected chi connectivity index (χ4v) is 1.86. The van der Waals surface area contributed by atoms with E-state index in [9.17, 15) is 18.0 Å². The fraction of sp³-hybridized carbons (Fsp3) is 0.294. The number of ether oxygens (including phenoxy) is 2. The highest BCUT2D eigenvalue weighted by Gasteiger charge is 2.32. The van der Waals surface area contributed by atoms with Crippen molar-refractivity contribution in [2.75, 3.05) is 6.61 Å². The number of carbonyl (C=O) groups is 1. The summed E-state index contributed by atoms with van der Waals surface area (Å²) in [5.74, 6) is -0.454. The maximum Gasteiger partial charge on any atom is 0.513 e. The smallest absolute Gasteiger partial charge is 0.434 e. The van der Waals surface area contributed by atoms with Crippen LogP contribution in [0.5, 0.6) is 5.75 Å². The van der Waals surface area contributed by atoms with Gasteiger partial charge in [-0.25, -0.2) is 4.79 Å². The number of nitrogens with zero attached hydrogens (tertiary/aromatic N) is 3. The van der Waals surface area contributed by atoms with Crippen LogP contribution in [0.15, 0.2) is 40.3 Å².